The van der Waals surface area contributed by atoms with Crippen LogP contribution in [0.4, 0.5) is 0 Å². The lowest BCUT2D eigenvalue weighted by Crippen LogP contribution is -2.34. The molecule has 0 atom stereocenters. The molecule has 1 aliphatic rings. The zero-order chi connectivity index (χ0) is 14.3. The summed E-state index contributed by atoms with van der Waals surface area (Å²) in [5, 5.41) is 11.1. The van der Waals surface area contributed by atoms with Crippen molar-refractivity contribution in [3.63, 3.8) is 0 Å². The molecule has 104 valence electrons. The quantitative estimate of drug-likeness (QED) is 0.773. The number of aromatic amines is 1. The van der Waals surface area contributed by atoms with E-state index in [1.165, 1.54) is 5.56 Å². The molecule has 4 nitrogen and oxygen atoms in total. The molecule has 2 aromatic carbocycles. The van der Waals surface area contributed by atoms with Gasteiger partial charge in [-0.05, 0) is 30.5 Å². The molecule has 0 aliphatic heterocycles. The first kappa shape index (κ1) is 12.1. The largest absolute Gasteiger partial charge is 0.343 e. The summed E-state index contributed by atoms with van der Waals surface area (Å²) in [6.45, 7) is 0. The number of nitrogens with one attached hydrogen (secondary N) is 2. The van der Waals surface area contributed by atoms with E-state index in [2.05, 4.69) is 27.6 Å². The zero-order valence-corrected chi connectivity index (χ0v) is 11.5. The van der Waals surface area contributed by atoms with E-state index >= 15 is 0 Å². The molecule has 0 radical (unpaired) electrons. The van der Waals surface area contributed by atoms with Crippen LogP contribution in [0.5, 0.6) is 0 Å². The Hall–Kier alpha value is -2.62. The first-order valence-electron chi connectivity index (χ1n) is 7.08. The summed E-state index contributed by atoms with van der Waals surface area (Å²) in [6.07, 6.45) is 3.74. The first-order chi connectivity index (χ1) is 10.3. The van der Waals surface area contributed by atoms with Gasteiger partial charge in [0.15, 0.2) is 0 Å². The molecule has 1 aromatic heterocycles. The number of amides is 1. The van der Waals surface area contributed by atoms with Crippen molar-refractivity contribution in [2.24, 2.45) is 0 Å². The standard InChI is InChI=1S/C17H15N3O/c21-16(12-6-7-13-11-18-20-15(13)10-12)19-17(8-9-17)14-4-2-1-3-5-14/h1-7,10-11H,8-9H2,(H,18,20)(H,19,21). The fraction of sp³-hybridized carbons (Fsp3) is 0.176. The Bertz CT molecular complexity index is 803. The van der Waals surface area contributed by atoms with E-state index in [-0.39, 0.29) is 11.4 Å². The molecule has 1 aliphatic carbocycles. The maximum absolute atomic E-state index is 12.5. The summed E-state index contributed by atoms with van der Waals surface area (Å²) in [6, 6.07) is 15.8. The highest BCUT2D eigenvalue weighted by molar-refractivity contribution is 5.98. The number of hydrogen-bond donors (Lipinski definition) is 2. The molecule has 0 bridgehead atoms. The van der Waals surface area contributed by atoms with E-state index < -0.39 is 0 Å². The van der Waals surface area contributed by atoms with Gasteiger partial charge in [-0.2, -0.15) is 5.10 Å². The molecule has 0 saturated heterocycles. The van der Waals surface area contributed by atoms with Gasteiger partial charge in [0.2, 0.25) is 0 Å². The van der Waals surface area contributed by atoms with Crippen molar-refractivity contribution in [1.29, 1.82) is 0 Å². The normalized spacial score (nSPS) is 15.8. The molecular weight excluding hydrogens is 262 g/mol. The zero-order valence-electron chi connectivity index (χ0n) is 11.5. The van der Waals surface area contributed by atoms with Crippen LogP contribution in [0.15, 0.2) is 54.7 Å². The number of aromatic nitrogens is 2. The molecule has 4 heteroatoms. The lowest BCUT2D eigenvalue weighted by Gasteiger charge is -2.18. The molecule has 1 fully saturated rings. The van der Waals surface area contributed by atoms with E-state index in [1.54, 1.807) is 6.20 Å². The van der Waals surface area contributed by atoms with Gasteiger partial charge in [-0.1, -0.05) is 36.4 Å². The van der Waals surface area contributed by atoms with Crippen LogP contribution < -0.4 is 5.32 Å². The van der Waals surface area contributed by atoms with Gasteiger partial charge in [-0.15, -0.1) is 0 Å². The molecular formula is C17H15N3O. The summed E-state index contributed by atoms with van der Waals surface area (Å²) in [5.41, 5.74) is 2.54. The fourth-order valence-corrected chi connectivity index (χ4v) is 2.74. The average Bonchev–Trinajstić information content (AvgIpc) is 3.15. The Morgan fingerprint density at radius 2 is 1.95 bits per heavy atom. The number of benzene rings is 2. The van der Waals surface area contributed by atoms with Crippen molar-refractivity contribution in [3.05, 3.63) is 65.9 Å². The second-order valence-electron chi connectivity index (χ2n) is 5.57. The topological polar surface area (TPSA) is 57.8 Å². The van der Waals surface area contributed by atoms with Crippen molar-refractivity contribution < 1.29 is 4.79 Å². The van der Waals surface area contributed by atoms with Crippen LogP contribution in [-0.4, -0.2) is 16.1 Å². The van der Waals surface area contributed by atoms with Gasteiger partial charge in [0.25, 0.3) is 5.91 Å². The minimum Gasteiger partial charge on any atom is -0.343 e. The van der Waals surface area contributed by atoms with Crippen LogP contribution in [0.1, 0.15) is 28.8 Å². The van der Waals surface area contributed by atoms with E-state index in [9.17, 15) is 4.79 Å². The molecule has 21 heavy (non-hydrogen) atoms. The van der Waals surface area contributed by atoms with Crippen LogP contribution in [0.25, 0.3) is 10.9 Å². The second kappa shape index (κ2) is 4.45. The number of fused-ring (bicyclic) bond motifs is 1. The summed E-state index contributed by atoms with van der Waals surface area (Å²) in [5.74, 6) is -0.0344. The Morgan fingerprint density at radius 3 is 2.71 bits per heavy atom. The maximum atomic E-state index is 12.5. The number of hydrogen-bond acceptors (Lipinski definition) is 2. The van der Waals surface area contributed by atoms with Crippen LogP contribution >= 0.6 is 0 Å². The van der Waals surface area contributed by atoms with E-state index in [1.807, 2.05) is 36.4 Å². The van der Waals surface area contributed by atoms with Gasteiger partial charge < -0.3 is 5.32 Å². The van der Waals surface area contributed by atoms with Gasteiger partial charge >= 0.3 is 0 Å². The molecule has 1 amide bonds. The van der Waals surface area contributed by atoms with Crippen molar-refractivity contribution in [1.82, 2.24) is 15.5 Å². The summed E-state index contributed by atoms with van der Waals surface area (Å²) >= 11 is 0. The number of carbonyl (C=O) groups is 1. The number of H-pyrrole nitrogens is 1. The van der Waals surface area contributed by atoms with E-state index in [0.29, 0.717) is 5.56 Å². The Labute approximate surface area is 122 Å². The van der Waals surface area contributed by atoms with Crippen LogP contribution in [0.3, 0.4) is 0 Å². The lowest BCUT2D eigenvalue weighted by molar-refractivity contribution is 0.0931. The SMILES string of the molecule is O=C(NC1(c2ccccc2)CC1)c1ccc2cn[nH]c2c1. The first-order valence-corrected chi connectivity index (χ1v) is 7.08. The van der Waals surface area contributed by atoms with Crippen LogP contribution in [-0.2, 0) is 5.54 Å². The molecule has 1 saturated carbocycles. The Kier molecular flexibility index (Phi) is 2.57. The third-order valence-corrected chi connectivity index (χ3v) is 4.13. The molecule has 3 aromatic rings. The predicted molar refractivity (Wildman–Crippen MR) is 80.9 cm³/mol. The van der Waals surface area contributed by atoms with Gasteiger partial charge in [0.1, 0.15) is 0 Å². The summed E-state index contributed by atoms with van der Waals surface area (Å²) in [7, 11) is 0. The molecule has 2 N–H and O–H groups in total. The summed E-state index contributed by atoms with van der Waals surface area (Å²) in [4.78, 5) is 12.5. The molecule has 1 heterocycles. The van der Waals surface area contributed by atoms with Crippen molar-refractivity contribution >= 4 is 16.8 Å². The van der Waals surface area contributed by atoms with Crippen molar-refractivity contribution in [3.8, 4) is 0 Å². The number of rotatable bonds is 3. The highest BCUT2D eigenvalue weighted by atomic mass is 16.1. The highest BCUT2D eigenvalue weighted by Gasteiger charge is 2.45. The number of carbonyl (C=O) groups excluding carboxylic acids is 1. The molecule has 4 rings (SSSR count). The molecule has 0 unspecified atom stereocenters. The van der Waals surface area contributed by atoms with Gasteiger partial charge in [-0.25, -0.2) is 0 Å². The van der Waals surface area contributed by atoms with Crippen LogP contribution in [0, 0.1) is 0 Å². The van der Waals surface area contributed by atoms with Crippen molar-refractivity contribution in [2.45, 2.75) is 18.4 Å². The predicted octanol–water partition coefficient (Wildman–Crippen LogP) is 2.98. The Morgan fingerprint density at radius 1 is 1.14 bits per heavy atom. The second-order valence-corrected chi connectivity index (χ2v) is 5.57. The molecule has 0 spiro atoms. The third-order valence-electron chi connectivity index (χ3n) is 4.13. The smallest absolute Gasteiger partial charge is 0.252 e. The van der Waals surface area contributed by atoms with E-state index in [4.69, 9.17) is 0 Å². The highest BCUT2D eigenvalue weighted by Crippen LogP contribution is 2.45. The monoisotopic (exact) mass is 277 g/mol. The Balaban J connectivity index is 1.61. The minimum atomic E-state index is -0.179. The average molecular weight is 277 g/mol. The third kappa shape index (κ3) is 2.09. The fourth-order valence-electron chi connectivity index (χ4n) is 2.74. The minimum absolute atomic E-state index is 0.0344. The lowest BCUT2D eigenvalue weighted by atomic mass is 10.0. The van der Waals surface area contributed by atoms with Gasteiger partial charge in [-0.3, -0.25) is 9.89 Å². The van der Waals surface area contributed by atoms with E-state index in [0.717, 1.165) is 23.7 Å². The summed E-state index contributed by atoms with van der Waals surface area (Å²) < 4.78 is 0. The van der Waals surface area contributed by atoms with Gasteiger partial charge in [0, 0.05) is 10.9 Å². The maximum Gasteiger partial charge on any atom is 0.252 e. The van der Waals surface area contributed by atoms with Crippen LogP contribution in [0.2, 0.25) is 0 Å². The van der Waals surface area contributed by atoms with Crippen molar-refractivity contribution in [2.75, 3.05) is 0 Å². The van der Waals surface area contributed by atoms with Gasteiger partial charge in [0.05, 0.1) is 17.3 Å². The number of nitrogens with zero attached hydrogens (tertiary/aromatic N) is 1.